The lowest BCUT2D eigenvalue weighted by Gasteiger charge is -2.40. The first-order valence-electron chi connectivity index (χ1n) is 7.11. The summed E-state index contributed by atoms with van der Waals surface area (Å²) in [6.07, 6.45) is 2.18. The number of hydrogen-bond acceptors (Lipinski definition) is 4. The Balaban J connectivity index is 2.54. The molecule has 0 unspecified atom stereocenters. The molecule has 4 heteroatoms. The topological polar surface area (TPSA) is 47.7 Å². The third-order valence-electron chi connectivity index (χ3n) is 3.78. The van der Waals surface area contributed by atoms with Crippen LogP contribution < -0.4 is 5.73 Å². The van der Waals surface area contributed by atoms with Crippen LogP contribution in [0.3, 0.4) is 0 Å². The quantitative estimate of drug-likeness (QED) is 0.714. The van der Waals surface area contributed by atoms with Gasteiger partial charge >= 0.3 is 0 Å². The maximum atomic E-state index is 6.03. The molecular weight excluding hydrogens is 228 g/mol. The van der Waals surface area contributed by atoms with E-state index in [9.17, 15) is 0 Å². The van der Waals surface area contributed by atoms with E-state index < -0.39 is 0 Å². The maximum Gasteiger partial charge on any atom is 0.0589 e. The molecule has 0 amide bonds. The van der Waals surface area contributed by atoms with Crippen molar-refractivity contribution in [3.05, 3.63) is 0 Å². The van der Waals surface area contributed by atoms with E-state index >= 15 is 0 Å². The number of nitrogens with two attached hydrogens (primary N) is 1. The van der Waals surface area contributed by atoms with E-state index in [-0.39, 0.29) is 5.41 Å². The highest BCUT2D eigenvalue weighted by atomic mass is 16.5. The molecular formula is C14H30N2O2. The van der Waals surface area contributed by atoms with E-state index in [1.807, 2.05) is 0 Å². The number of nitrogens with zero attached hydrogens (tertiary/aromatic N) is 1. The standard InChI is InChI=1S/C14H30N2O2/c1-13(2)10-16(6-9-17-3)12-14(11-15)4-7-18-8-5-14/h13H,4-12,15H2,1-3H3. The van der Waals surface area contributed by atoms with Gasteiger partial charge in [0.15, 0.2) is 0 Å². The first kappa shape index (κ1) is 15.9. The molecule has 0 saturated carbocycles. The van der Waals surface area contributed by atoms with Gasteiger partial charge in [-0.3, -0.25) is 0 Å². The number of methoxy groups -OCH3 is 1. The van der Waals surface area contributed by atoms with E-state index in [1.54, 1.807) is 7.11 Å². The zero-order valence-electron chi connectivity index (χ0n) is 12.3. The summed E-state index contributed by atoms with van der Waals surface area (Å²) in [5.41, 5.74) is 6.28. The van der Waals surface area contributed by atoms with Crippen LogP contribution in [-0.4, -0.2) is 58.0 Å². The van der Waals surface area contributed by atoms with E-state index in [1.165, 1.54) is 0 Å². The molecule has 2 N–H and O–H groups in total. The molecule has 108 valence electrons. The third kappa shape index (κ3) is 5.22. The first-order chi connectivity index (χ1) is 8.62. The van der Waals surface area contributed by atoms with Crippen LogP contribution in [0.4, 0.5) is 0 Å². The summed E-state index contributed by atoms with van der Waals surface area (Å²) in [4.78, 5) is 2.51. The van der Waals surface area contributed by atoms with Crippen molar-refractivity contribution < 1.29 is 9.47 Å². The van der Waals surface area contributed by atoms with Crippen molar-refractivity contribution in [3.8, 4) is 0 Å². The van der Waals surface area contributed by atoms with Gasteiger partial charge in [-0.25, -0.2) is 0 Å². The molecule has 0 atom stereocenters. The summed E-state index contributed by atoms with van der Waals surface area (Å²) < 4.78 is 10.7. The van der Waals surface area contributed by atoms with Crippen LogP contribution in [-0.2, 0) is 9.47 Å². The zero-order chi connectivity index (χ0) is 13.4. The molecule has 1 saturated heterocycles. The Kier molecular flexibility index (Phi) is 7.15. The number of hydrogen-bond donors (Lipinski definition) is 1. The van der Waals surface area contributed by atoms with Gasteiger partial charge in [0.1, 0.15) is 0 Å². The van der Waals surface area contributed by atoms with Crippen molar-refractivity contribution in [3.63, 3.8) is 0 Å². The van der Waals surface area contributed by atoms with Crippen molar-refractivity contribution in [1.29, 1.82) is 0 Å². The number of rotatable bonds is 8. The SMILES string of the molecule is COCCN(CC(C)C)CC1(CN)CCOCC1. The van der Waals surface area contributed by atoms with Crippen LogP contribution in [0.1, 0.15) is 26.7 Å². The molecule has 0 aromatic rings. The monoisotopic (exact) mass is 258 g/mol. The Hall–Kier alpha value is -0.160. The summed E-state index contributed by atoms with van der Waals surface area (Å²) in [7, 11) is 1.76. The highest BCUT2D eigenvalue weighted by Gasteiger charge is 2.33. The van der Waals surface area contributed by atoms with Crippen molar-refractivity contribution in [2.75, 3.05) is 53.1 Å². The molecule has 1 rings (SSSR count). The van der Waals surface area contributed by atoms with Gasteiger partial charge in [-0.1, -0.05) is 13.8 Å². The molecule has 4 nitrogen and oxygen atoms in total. The lowest BCUT2D eigenvalue weighted by molar-refractivity contribution is -0.00536. The van der Waals surface area contributed by atoms with Crippen LogP contribution >= 0.6 is 0 Å². The van der Waals surface area contributed by atoms with Crippen molar-refractivity contribution in [2.45, 2.75) is 26.7 Å². The van der Waals surface area contributed by atoms with Crippen molar-refractivity contribution in [1.82, 2.24) is 4.90 Å². The predicted molar refractivity (Wildman–Crippen MR) is 74.7 cm³/mol. The molecule has 1 heterocycles. The fraction of sp³-hybridized carbons (Fsp3) is 1.00. The van der Waals surface area contributed by atoms with Gasteiger partial charge in [-0.15, -0.1) is 0 Å². The molecule has 0 aromatic heterocycles. The highest BCUT2D eigenvalue weighted by Crippen LogP contribution is 2.30. The minimum atomic E-state index is 0.251. The minimum absolute atomic E-state index is 0.251. The third-order valence-corrected chi connectivity index (χ3v) is 3.78. The molecule has 0 aliphatic carbocycles. The van der Waals surface area contributed by atoms with Gasteiger partial charge in [0, 0.05) is 40.0 Å². The molecule has 0 radical (unpaired) electrons. The van der Waals surface area contributed by atoms with Gasteiger partial charge in [0.05, 0.1) is 6.61 Å². The van der Waals surface area contributed by atoms with Crippen LogP contribution in [0, 0.1) is 11.3 Å². The predicted octanol–water partition coefficient (Wildman–Crippen LogP) is 1.35. The smallest absolute Gasteiger partial charge is 0.0589 e. The second kappa shape index (κ2) is 8.10. The molecule has 1 aliphatic rings. The fourth-order valence-corrected chi connectivity index (χ4v) is 2.68. The summed E-state index contributed by atoms with van der Waals surface area (Å²) >= 11 is 0. The lowest BCUT2D eigenvalue weighted by Crippen LogP contribution is -2.47. The normalized spacial score (nSPS) is 19.7. The summed E-state index contributed by atoms with van der Waals surface area (Å²) in [5.74, 6) is 0.677. The Morgan fingerprint density at radius 2 is 2.00 bits per heavy atom. The average molecular weight is 258 g/mol. The maximum absolute atomic E-state index is 6.03. The molecule has 0 spiro atoms. The number of ether oxygens (including phenoxy) is 2. The molecule has 1 aliphatic heterocycles. The average Bonchev–Trinajstić information content (AvgIpc) is 2.36. The summed E-state index contributed by atoms with van der Waals surface area (Å²) in [6.45, 7) is 11.0. The fourth-order valence-electron chi connectivity index (χ4n) is 2.68. The van der Waals surface area contributed by atoms with Gasteiger partial charge in [0.2, 0.25) is 0 Å². The Morgan fingerprint density at radius 1 is 1.33 bits per heavy atom. The second-order valence-corrected chi connectivity index (χ2v) is 5.94. The second-order valence-electron chi connectivity index (χ2n) is 5.94. The van der Waals surface area contributed by atoms with Crippen molar-refractivity contribution >= 4 is 0 Å². The van der Waals surface area contributed by atoms with Crippen LogP contribution in [0.5, 0.6) is 0 Å². The van der Waals surface area contributed by atoms with Gasteiger partial charge in [-0.2, -0.15) is 0 Å². The Morgan fingerprint density at radius 3 is 2.50 bits per heavy atom. The summed E-state index contributed by atoms with van der Waals surface area (Å²) in [6, 6.07) is 0. The van der Waals surface area contributed by atoms with Crippen LogP contribution in [0.15, 0.2) is 0 Å². The zero-order valence-corrected chi connectivity index (χ0v) is 12.3. The lowest BCUT2D eigenvalue weighted by atomic mass is 9.79. The van der Waals surface area contributed by atoms with E-state index in [4.69, 9.17) is 15.2 Å². The molecule has 0 bridgehead atoms. The van der Waals surface area contributed by atoms with Gasteiger partial charge in [-0.05, 0) is 30.7 Å². The van der Waals surface area contributed by atoms with E-state index in [2.05, 4.69) is 18.7 Å². The van der Waals surface area contributed by atoms with Crippen LogP contribution in [0.2, 0.25) is 0 Å². The Bertz CT molecular complexity index is 216. The van der Waals surface area contributed by atoms with E-state index in [0.29, 0.717) is 5.92 Å². The van der Waals surface area contributed by atoms with Crippen LogP contribution in [0.25, 0.3) is 0 Å². The summed E-state index contributed by atoms with van der Waals surface area (Å²) in [5, 5.41) is 0. The molecule has 0 aromatic carbocycles. The highest BCUT2D eigenvalue weighted by molar-refractivity contribution is 4.86. The molecule has 18 heavy (non-hydrogen) atoms. The molecule has 1 fully saturated rings. The van der Waals surface area contributed by atoms with Gasteiger partial charge in [0.25, 0.3) is 0 Å². The first-order valence-corrected chi connectivity index (χ1v) is 7.11. The van der Waals surface area contributed by atoms with Gasteiger partial charge < -0.3 is 20.1 Å². The van der Waals surface area contributed by atoms with Crippen molar-refractivity contribution in [2.24, 2.45) is 17.1 Å². The largest absolute Gasteiger partial charge is 0.383 e. The minimum Gasteiger partial charge on any atom is -0.383 e. The van der Waals surface area contributed by atoms with E-state index in [0.717, 1.165) is 58.8 Å². The Labute approximate surface area is 112 Å².